The quantitative estimate of drug-likeness (QED) is 0.894. The minimum absolute atomic E-state index is 0.631. The lowest BCUT2D eigenvalue weighted by atomic mass is 10.1. The third-order valence-electron chi connectivity index (χ3n) is 3.86. The van der Waals surface area contributed by atoms with Gasteiger partial charge in [0.15, 0.2) is 0 Å². The molecule has 0 radical (unpaired) electrons. The summed E-state index contributed by atoms with van der Waals surface area (Å²) in [6.07, 6.45) is 2.62. The van der Waals surface area contributed by atoms with E-state index in [-0.39, 0.29) is 0 Å². The number of anilines is 2. The summed E-state index contributed by atoms with van der Waals surface area (Å²) in [6, 6.07) is 0.631. The number of aromatic nitrogens is 2. The predicted octanol–water partition coefficient (Wildman–Crippen LogP) is 1.61. The molecule has 0 spiro atoms. The zero-order valence-corrected chi connectivity index (χ0v) is 12.5. The van der Waals surface area contributed by atoms with E-state index in [0.29, 0.717) is 6.04 Å². The van der Waals surface area contributed by atoms with Crippen LogP contribution in [0.4, 0.5) is 11.6 Å². The molecule has 1 aromatic heterocycles. The normalized spacial score (nSPS) is 17.0. The maximum Gasteiger partial charge on any atom is 0.137 e. The third-order valence-corrected chi connectivity index (χ3v) is 3.86. The fourth-order valence-electron chi connectivity index (χ4n) is 2.67. The molecule has 106 valence electrons. The molecular formula is C14H25N5. The van der Waals surface area contributed by atoms with Gasteiger partial charge in [0.2, 0.25) is 0 Å². The standard InChI is InChI=1S/C14H25N5/c1-5-12-13(15-4)16-10-17-14(12)19-8-6-18(7-9-19)11(2)3/h10-11H,5-9H2,1-4H3,(H,15,16,17). The number of rotatable bonds is 4. The van der Waals surface area contributed by atoms with Crippen LogP contribution in [0.3, 0.4) is 0 Å². The molecule has 0 aromatic carbocycles. The monoisotopic (exact) mass is 263 g/mol. The number of nitrogens with zero attached hydrogens (tertiary/aromatic N) is 4. The van der Waals surface area contributed by atoms with Gasteiger partial charge in [-0.15, -0.1) is 0 Å². The molecule has 1 saturated heterocycles. The molecule has 1 N–H and O–H groups in total. The number of piperazine rings is 1. The van der Waals surface area contributed by atoms with Gasteiger partial charge in [-0.3, -0.25) is 4.90 Å². The van der Waals surface area contributed by atoms with Crippen molar-refractivity contribution >= 4 is 11.6 Å². The summed E-state index contributed by atoms with van der Waals surface area (Å²) in [5.74, 6) is 2.06. The van der Waals surface area contributed by atoms with Gasteiger partial charge in [0.25, 0.3) is 0 Å². The van der Waals surface area contributed by atoms with Crippen molar-refractivity contribution in [2.45, 2.75) is 33.2 Å². The van der Waals surface area contributed by atoms with Gasteiger partial charge in [-0.1, -0.05) is 6.92 Å². The van der Waals surface area contributed by atoms with Gasteiger partial charge in [-0.2, -0.15) is 0 Å². The van der Waals surface area contributed by atoms with Crippen molar-refractivity contribution in [3.05, 3.63) is 11.9 Å². The lowest BCUT2D eigenvalue weighted by Gasteiger charge is -2.38. The molecule has 1 aromatic rings. The minimum Gasteiger partial charge on any atom is -0.373 e. The molecule has 5 nitrogen and oxygen atoms in total. The van der Waals surface area contributed by atoms with Crippen LogP contribution in [-0.4, -0.2) is 54.1 Å². The molecule has 0 saturated carbocycles. The first-order valence-corrected chi connectivity index (χ1v) is 7.18. The highest BCUT2D eigenvalue weighted by atomic mass is 15.3. The SMILES string of the molecule is CCc1c(NC)ncnc1N1CCN(C(C)C)CC1. The molecule has 1 aliphatic rings. The topological polar surface area (TPSA) is 44.3 Å². The van der Waals surface area contributed by atoms with Gasteiger partial charge in [0.05, 0.1) is 0 Å². The molecular weight excluding hydrogens is 238 g/mol. The number of hydrogen-bond donors (Lipinski definition) is 1. The summed E-state index contributed by atoms with van der Waals surface area (Å²) in [7, 11) is 1.92. The van der Waals surface area contributed by atoms with Gasteiger partial charge in [0, 0.05) is 44.8 Å². The van der Waals surface area contributed by atoms with Crippen LogP contribution >= 0.6 is 0 Å². The maximum absolute atomic E-state index is 4.51. The molecule has 2 heterocycles. The first kappa shape index (κ1) is 14.1. The highest BCUT2D eigenvalue weighted by Gasteiger charge is 2.22. The smallest absolute Gasteiger partial charge is 0.137 e. The minimum atomic E-state index is 0.631. The molecule has 1 fully saturated rings. The van der Waals surface area contributed by atoms with Gasteiger partial charge in [0.1, 0.15) is 18.0 Å². The largest absolute Gasteiger partial charge is 0.373 e. The molecule has 0 amide bonds. The molecule has 1 aliphatic heterocycles. The Balaban J connectivity index is 2.15. The maximum atomic E-state index is 4.51. The van der Waals surface area contributed by atoms with Crippen molar-refractivity contribution in [1.82, 2.24) is 14.9 Å². The van der Waals surface area contributed by atoms with E-state index in [1.165, 1.54) is 5.56 Å². The summed E-state index contributed by atoms with van der Waals surface area (Å²) < 4.78 is 0. The summed E-state index contributed by atoms with van der Waals surface area (Å²) in [5, 5.41) is 3.16. The average Bonchev–Trinajstić information content (AvgIpc) is 2.46. The fraction of sp³-hybridized carbons (Fsp3) is 0.714. The molecule has 0 atom stereocenters. The zero-order valence-electron chi connectivity index (χ0n) is 12.5. The van der Waals surface area contributed by atoms with Gasteiger partial charge >= 0.3 is 0 Å². The second-order valence-corrected chi connectivity index (χ2v) is 5.24. The predicted molar refractivity (Wildman–Crippen MR) is 79.9 cm³/mol. The van der Waals surface area contributed by atoms with E-state index in [2.05, 4.69) is 45.9 Å². The lowest BCUT2D eigenvalue weighted by molar-refractivity contribution is 0.209. The van der Waals surface area contributed by atoms with Gasteiger partial charge in [-0.25, -0.2) is 9.97 Å². The molecule has 0 aliphatic carbocycles. The van der Waals surface area contributed by atoms with E-state index < -0.39 is 0 Å². The summed E-state index contributed by atoms with van der Waals surface area (Å²) in [5.41, 5.74) is 1.22. The van der Waals surface area contributed by atoms with Crippen molar-refractivity contribution in [3.63, 3.8) is 0 Å². The Morgan fingerprint density at radius 1 is 1.21 bits per heavy atom. The third kappa shape index (κ3) is 2.97. The summed E-state index contributed by atoms with van der Waals surface area (Å²) in [6.45, 7) is 11.0. The van der Waals surface area contributed by atoms with Crippen LogP contribution < -0.4 is 10.2 Å². The van der Waals surface area contributed by atoms with Crippen molar-refractivity contribution < 1.29 is 0 Å². The van der Waals surface area contributed by atoms with Crippen LogP contribution in [0.1, 0.15) is 26.3 Å². The van der Waals surface area contributed by atoms with E-state index in [9.17, 15) is 0 Å². The van der Waals surface area contributed by atoms with Crippen LogP contribution in [0.2, 0.25) is 0 Å². The molecule has 0 bridgehead atoms. The van der Waals surface area contributed by atoms with Gasteiger partial charge in [-0.05, 0) is 20.3 Å². The first-order valence-electron chi connectivity index (χ1n) is 7.18. The van der Waals surface area contributed by atoms with E-state index >= 15 is 0 Å². The second-order valence-electron chi connectivity index (χ2n) is 5.24. The van der Waals surface area contributed by atoms with Crippen molar-refractivity contribution in [3.8, 4) is 0 Å². The lowest BCUT2D eigenvalue weighted by Crippen LogP contribution is -2.49. The average molecular weight is 263 g/mol. The summed E-state index contributed by atoms with van der Waals surface area (Å²) in [4.78, 5) is 13.7. The second kappa shape index (κ2) is 6.19. The highest BCUT2D eigenvalue weighted by Crippen LogP contribution is 2.24. The Hall–Kier alpha value is -1.36. The Labute approximate surface area is 116 Å². The van der Waals surface area contributed by atoms with Crippen LogP contribution in [0.25, 0.3) is 0 Å². The van der Waals surface area contributed by atoms with Crippen molar-refractivity contribution in [2.24, 2.45) is 0 Å². The van der Waals surface area contributed by atoms with Crippen LogP contribution in [0, 0.1) is 0 Å². The van der Waals surface area contributed by atoms with Gasteiger partial charge < -0.3 is 10.2 Å². The van der Waals surface area contributed by atoms with E-state index in [4.69, 9.17) is 0 Å². The Kier molecular flexibility index (Phi) is 4.58. The summed E-state index contributed by atoms with van der Waals surface area (Å²) >= 11 is 0. The Morgan fingerprint density at radius 2 is 1.89 bits per heavy atom. The Bertz CT molecular complexity index is 410. The van der Waals surface area contributed by atoms with E-state index in [1.807, 2.05) is 7.05 Å². The van der Waals surface area contributed by atoms with Crippen molar-refractivity contribution in [1.29, 1.82) is 0 Å². The zero-order chi connectivity index (χ0) is 13.8. The van der Waals surface area contributed by atoms with Crippen LogP contribution in [0.15, 0.2) is 6.33 Å². The van der Waals surface area contributed by atoms with Crippen molar-refractivity contribution in [2.75, 3.05) is 43.4 Å². The Morgan fingerprint density at radius 3 is 2.42 bits per heavy atom. The molecule has 0 unspecified atom stereocenters. The van der Waals surface area contributed by atoms with Crippen LogP contribution in [-0.2, 0) is 6.42 Å². The first-order chi connectivity index (χ1) is 9.17. The van der Waals surface area contributed by atoms with E-state index in [1.54, 1.807) is 6.33 Å². The number of nitrogens with one attached hydrogen (secondary N) is 1. The number of hydrogen-bond acceptors (Lipinski definition) is 5. The molecule has 2 rings (SSSR count). The highest BCUT2D eigenvalue weighted by molar-refractivity contribution is 5.58. The van der Waals surface area contributed by atoms with E-state index in [0.717, 1.165) is 44.2 Å². The molecule has 19 heavy (non-hydrogen) atoms. The molecule has 5 heteroatoms. The fourth-order valence-corrected chi connectivity index (χ4v) is 2.67. The van der Waals surface area contributed by atoms with Crippen LogP contribution in [0.5, 0.6) is 0 Å².